The van der Waals surface area contributed by atoms with Crippen LogP contribution in [0.3, 0.4) is 0 Å². The SMILES string of the molecule is COc1ccc(CN(C(=O)CN(c2ccc(F)cc2)S(C)(=O)=O)[C@@H](C)C(=O)NC(C)C)cc1. The van der Waals surface area contributed by atoms with Crippen molar-refractivity contribution in [2.24, 2.45) is 0 Å². The zero-order chi connectivity index (χ0) is 24.8. The van der Waals surface area contributed by atoms with Gasteiger partial charge >= 0.3 is 0 Å². The number of hydrogen-bond donors (Lipinski definition) is 1. The first-order valence-corrected chi connectivity index (χ1v) is 12.2. The van der Waals surface area contributed by atoms with Crippen molar-refractivity contribution in [3.05, 3.63) is 59.9 Å². The number of rotatable bonds is 10. The summed E-state index contributed by atoms with van der Waals surface area (Å²) in [5, 5.41) is 2.78. The van der Waals surface area contributed by atoms with Crippen molar-refractivity contribution >= 4 is 27.5 Å². The quantitative estimate of drug-likeness (QED) is 0.565. The molecule has 8 nitrogen and oxygen atoms in total. The maximum absolute atomic E-state index is 13.3. The molecule has 0 aromatic heterocycles. The first-order valence-electron chi connectivity index (χ1n) is 10.4. The molecule has 0 aliphatic carbocycles. The minimum absolute atomic E-state index is 0.0799. The Labute approximate surface area is 194 Å². The Morgan fingerprint density at radius 1 is 1.03 bits per heavy atom. The summed E-state index contributed by atoms with van der Waals surface area (Å²) < 4.78 is 44.2. The third kappa shape index (κ3) is 7.45. The molecule has 0 saturated heterocycles. The molecule has 2 aromatic rings. The first-order chi connectivity index (χ1) is 15.4. The third-order valence-electron chi connectivity index (χ3n) is 4.90. The topological polar surface area (TPSA) is 96.0 Å². The summed E-state index contributed by atoms with van der Waals surface area (Å²) in [4.78, 5) is 27.3. The monoisotopic (exact) mass is 479 g/mol. The van der Waals surface area contributed by atoms with Crippen molar-refractivity contribution in [3.8, 4) is 5.75 Å². The molecule has 0 aliphatic rings. The van der Waals surface area contributed by atoms with Gasteiger partial charge in [0.15, 0.2) is 0 Å². The van der Waals surface area contributed by atoms with Gasteiger partial charge in [-0.05, 0) is 62.7 Å². The average Bonchev–Trinajstić information content (AvgIpc) is 2.75. The van der Waals surface area contributed by atoms with Crippen LogP contribution in [0.25, 0.3) is 0 Å². The van der Waals surface area contributed by atoms with Gasteiger partial charge in [0.1, 0.15) is 24.2 Å². The Kier molecular flexibility index (Phi) is 8.81. The van der Waals surface area contributed by atoms with Crippen molar-refractivity contribution < 1.29 is 27.1 Å². The van der Waals surface area contributed by atoms with E-state index in [2.05, 4.69) is 5.32 Å². The fourth-order valence-electron chi connectivity index (χ4n) is 3.14. The zero-order valence-electron chi connectivity index (χ0n) is 19.4. The second kappa shape index (κ2) is 11.1. The second-order valence-electron chi connectivity index (χ2n) is 7.96. The smallest absolute Gasteiger partial charge is 0.244 e. The van der Waals surface area contributed by atoms with Crippen LogP contribution in [-0.2, 0) is 26.2 Å². The first kappa shape index (κ1) is 26.1. The molecule has 0 saturated carbocycles. The molecule has 2 amide bonds. The number of hydrogen-bond acceptors (Lipinski definition) is 5. The summed E-state index contributed by atoms with van der Waals surface area (Å²) in [7, 11) is -2.32. The van der Waals surface area contributed by atoms with E-state index in [1.807, 2.05) is 0 Å². The van der Waals surface area contributed by atoms with E-state index >= 15 is 0 Å². The molecular weight excluding hydrogens is 449 g/mol. The van der Waals surface area contributed by atoms with Gasteiger partial charge in [-0.3, -0.25) is 13.9 Å². The van der Waals surface area contributed by atoms with E-state index in [1.165, 1.54) is 17.0 Å². The van der Waals surface area contributed by atoms with E-state index in [1.54, 1.807) is 52.1 Å². The standard InChI is InChI=1S/C23H30FN3O5S/c1-16(2)25-23(29)17(3)26(14-18-6-12-21(32-4)13-7-18)22(28)15-27(33(5,30)31)20-10-8-19(24)9-11-20/h6-13,16-17H,14-15H2,1-5H3,(H,25,29)/t17-/m0/s1. The summed E-state index contributed by atoms with van der Waals surface area (Å²) in [6.07, 6.45) is 0.965. The highest BCUT2D eigenvalue weighted by Crippen LogP contribution is 2.20. The van der Waals surface area contributed by atoms with E-state index in [-0.39, 0.29) is 24.2 Å². The number of carbonyl (C=O) groups excluding carboxylic acids is 2. The normalized spacial score (nSPS) is 12.2. The maximum atomic E-state index is 13.3. The van der Waals surface area contributed by atoms with Gasteiger partial charge in [0.25, 0.3) is 0 Å². The number of nitrogens with one attached hydrogen (secondary N) is 1. The number of sulfonamides is 1. The highest BCUT2D eigenvalue weighted by molar-refractivity contribution is 7.92. The summed E-state index contributed by atoms with van der Waals surface area (Å²) in [6.45, 7) is 4.73. The van der Waals surface area contributed by atoms with Gasteiger partial charge in [-0.25, -0.2) is 12.8 Å². The molecule has 2 rings (SSSR count). The van der Waals surface area contributed by atoms with Crippen LogP contribution >= 0.6 is 0 Å². The summed E-state index contributed by atoms with van der Waals surface area (Å²) in [5.41, 5.74) is 0.886. The largest absolute Gasteiger partial charge is 0.497 e. The number of ether oxygens (including phenoxy) is 1. The van der Waals surface area contributed by atoms with Gasteiger partial charge < -0.3 is 15.0 Å². The predicted octanol–water partition coefficient (Wildman–Crippen LogP) is 2.54. The number of nitrogens with zero attached hydrogens (tertiary/aromatic N) is 2. The number of anilines is 1. The molecule has 180 valence electrons. The summed E-state index contributed by atoms with van der Waals surface area (Å²) in [5.74, 6) is -0.827. The van der Waals surface area contributed by atoms with Crippen LogP contribution in [0.1, 0.15) is 26.3 Å². The van der Waals surface area contributed by atoms with Crippen LogP contribution in [0, 0.1) is 5.82 Å². The Balaban J connectivity index is 2.36. The number of amides is 2. The third-order valence-corrected chi connectivity index (χ3v) is 6.04. The lowest BCUT2D eigenvalue weighted by Gasteiger charge is -2.32. The predicted molar refractivity (Wildman–Crippen MR) is 125 cm³/mol. The van der Waals surface area contributed by atoms with Crippen molar-refractivity contribution in [1.29, 1.82) is 0 Å². The lowest BCUT2D eigenvalue weighted by molar-refractivity contribution is -0.139. The molecule has 33 heavy (non-hydrogen) atoms. The van der Waals surface area contributed by atoms with Gasteiger partial charge in [-0.2, -0.15) is 0 Å². The van der Waals surface area contributed by atoms with E-state index < -0.39 is 34.3 Å². The second-order valence-corrected chi connectivity index (χ2v) is 9.86. The Hall–Kier alpha value is -3.14. The Morgan fingerprint density at radius 2 is 1.61 bits per heavy atom. The molecule has 0 spiro atoms. The van der Waals surface area contributed by atoms with Crippen LogP contribution < -0.4 is 14.4 Å². The molecule has 0 fully saturated rings. The Morgan fingerprint density at radius 3 is 2.09 bits per heavy atom. The molecule has 0 aliphatic heterocycles. The molecular formula is C23H30FN3O5S. The minimum atomic E-state index is -3.86. The molecule has 1 N–H and O–H groups in total. The molecule has 1 atom stereocenters. The lowest BCUT2D eigenvalue weighted by atomic mass is 10.1. The molecule has 0 radical (unpaired) electrons. The van der Waals surface area contributed by atoms with Crippen LogP contribution in [0.5, 0.6) is 5.75 Å². The van der Waals surface area contributed by atoms with E-state index in [9.17, 15) is 22.4 Å². The number of halogens is 1. The van der Waals surface area contributed by atoms with Crippen molar-refractivity contribution in [1.82, 2.24) is 10.2 Å². The molecule has 0 bridgehead atoms. The van der Waals surface area contributed by atoms with Gasteiger partial charge in [-0.15, -0.1) is 0 Å². The number of carbonyl (C=O) groups is 2. The Bertz CT molecular complexity index is 1060. The molecule has 0 unspecified atom stereocenters. The zero-order valence-corrected chi connectivity index (χ0v) is 20.2. The highest BCUT2D eigenvalue weighted by atomic mass is 32.2. The van der Waals surface area contributed by atoms with E-state index in [0.717, 1.165) is 28.3 Å². The van der Waals surface area contributed by atoms with Crippen LogP contribution in [0.2, 0.25) is 0 Å². The number of methoxy groups -OCH3 is 1. The van der Waals surface area contributed by atoms with Gasteiger partial charge in [0.2, 0.25) is 21.8 Å². The minimum Gasteiger partial charge on any atom is -0.497 e. The molecule has 0 heterocycles. The fraction of sp³-hybridized carbons (Fsp3) is 0.391. The maximum Gasteiger partial charge on any atom is 0.244 e. The van der Waals surface area contributed by atoms with Crippen molar-refractivity contribution in [2.45, 2.75) is 39.4 Å². The number of benzene rings is 2. The van der Waals surface area contributed by atoms with Crippen LogP contribution in [0.4, 0.5) is 10.1 Å². The lowest BCUT2D eigenvalue weighted by Crippen LogP contribution is -2.52. The van der Waals surface area contributed by atoms with Crippen molar-refractivity contribution in [3.63, 3.8) is 0 Å². The fourth-order valence-corrected chi connectivity index (χ4v) is 3.99. The highest BCUT2D eigenvalue weighted by Gasteiger charge is 2.30. The summed E-state index contributed by atoms with van der Waals surface area (Å²) in [6, 6.07) is 10.8. The average molecular weight is 480 g/mol. The van der Waals surface area contributed by atoms with E-state index in [4.69, 9.17) is 4.74 Å². The molecule has 10 heteroatoms. The van der Waals surface area contributed by atoms with Gasteiger partial charge in [-0.1, -0.05) is 12.1 Å². The summed E-state index contributed by atoms with van der Waals surface area (Å²) >= 11 is 0. The van der Waals surface area contributed by atoms with Crippen LogP contribution in [0.15, 0.2) is 48.5 Å². The van der Waals surface area contributed by atoms with Gasteiger partial charge in [0, 0.05) is 12.6 Å². The van der Waals surface area contributed by atoms with Crippen LogP contribution in [-0.4, -0.2) is 57.1 Å². The molecule has 2 aromatic carbocycles. The van der Waals surface area contributed by atoms with Gasteiger partial charge in [0.05, 0.1) is 19.1 Å². The van der Waals surface area contributed by atoms with Crippen molar-refractivity contribution in [2.75, 3.05) is 24.2 Å². The van der Waals surface area contributed by atoms with E-state index in [0.29, 0.717) is 5.75 Å².